The number of ether oxygens (including phenoxy) is 3. The molecule has 0 spiro atoms. The Balaban J connectivity index is 2.35. The Morgan fingerprint density at radius 1 is 0.636 bits per heavy atom. The van der Waals surface area contributed by atoms with E-state index in [2.05, 4.69) is 15.3 Å². The van der Waals surface area contributed by atoms with Crippen molar-refractivity contribution in [1.82, 2.24) is 20.0 Å². The lowest BCUT2D eigenvalue weighted by Gasteiger charge is -2.31. The van der Waals surface area contributed by atoms with Crippen LogP contribution in [0, 0.1) is 0 Å². The van der Waals surface area contributed by atoms with Gasteiger partial charge >= 0.3 is 5.97 Å². The minimum atomic E-state index is -1.24. The summed E-state index contributed by atoms with van der Waals surface area (Å²) in [7, 11) is 4.30. The van der Waals surface area contributed by atoms with Crippen LogP contribution in [-0.2, 0) is 43.0 Å². The number of carboxylic acid groups (broad SMARTS) is 1. The molecule has 19 heteroatoms. The maximum Gasteiger partial charge on any atom is 0.323 e. The summed E-state index contributed by atoms with van der Waals surface area (Å²) in [5, 5.41) is 15.8. The molecule has 5 amide bonds. The van der Waals surface area contributed by atoms with E-state index >= 15 is 0 Å². The molecule has 0 aliphatic rings. The minimum Gasteiger partial charge on any atom is -0.480 e. The van der Waals surface area contributed by atoms with Crippen molar-refractivity contribution >= 4 is 46.9 Å². The number of nitrogens with one attached hydrogen (secondary N) is 1. The van der Waals surface area contributed by atoms with E-state index in [4.69, 9.17) is 19.7 Å². The molecule has 0 radical (unpaired) electrons. The van der Waals surface area contributed by atoms with Gasteiger partial charge in [0.05, 0.1) is 26.4 Å². The van der Waals surface area contributed by atoms with E-state index in [1.807, 2.05) is 0 Å². The lowest BCUT2D eigenvalue weighted by atomic mass is 10.2. The number of hydrogen-bond donors (Lipinski definition) is 2. The van der Waals surface area contributed by atoms with Crippen LogP contribution in [0.15, 0.2) is 65.8 Å². The van der Waals surface area contributed by atoms with Crippen molar-refractivity contribution in [1.29, 1.82) is 0 Å². The SMILES string of the molecule is COCCN(CC(=O)O)C(=O)CN(C(=O)CN(CCOC)C(=O)CN(C(=O)CN(CCOC)C(=O)CNCCCN=[N+]=[N-])c1ccccc1)c1ccccc1. The normalized spacial score (nSPS) is 10.5. The molecule has 0 unspecified atom stereocenters. The Morgan fingerprint density at radius 3 is 1.45 bits per heavy atom. The third kappa shape index (κ3) is 17.0. The highest BCUT2D eigenvalue weighted by molar-refractivity contribution is 6.04. The summed E-state index contributed by atoms with van der Waals surface area (Å²) in [5.74, 6) is -4.12. The number of carbonyl (C=O) groups excluding carboxylic acids is 5. The largest absolute Gasteiger partial charge is 0.480 e. The first-order chi connectivity index (χ1) is 26.6. The van der Waals surface area contributed by atoms with Crippen LogP contribution in [0.25, 0.3) is 10.4 Å². The molecule has 2 rings (SSSR count). The zero-order chi connectivity index (χ0) is 40.4. The van der Waals surface area contributed by atoms with Crippen molar-refractivity contribution in [2.75, 3.05) is 123 Å². The first-order valence-electron chi connectivity index (χ1n) is 17.5. The van der Waals surface area contributed by atoms with Gasteiger partial charge in [0.2, 0.25) is 29.5 Å². The number of rotatable bonds is 27. The monoisotopic (exact) mass is 769 g/mol. The number of hydrogen-bond acceptors (Lipinski definition) is 11. The molecule has 0 atom stereocenters. The number of nitrogens with zero attached hydrogens (tertiary/aromatic N) is 8. The summed E-state index contributed by atoms with van der Waals surface area (Å²) in [6, 6.07) is 16.7. The van der Waals surface area contributed by atoms with E-state index in [0.717, 1.165) is 4.90 Å². The van der Waals surface area contributed by atoms with Crippen molar-refractivity contribution in [3.05, 3.63) is 71.1 Å². The highest BCUT2D eigenvalue weighted by atomic mass is 16.5. The number of amides is 5. The molecule has 0 bridgehead atoms. The molecule has 0 fully saturated rings. The second-order valence-corrected chi connectivity index (χ2v) is 11.9. The Hall–Kier alpha value is -5.59. The predicted octanol–water partition coefficient (Wildman–Crippen LogP) is 0.852. The Labute approximate surface area is 320 Å². The van der Waals surface area contributed by atoms with Gasteiger partial charge in [-0.15, -0.1) is 0 Å². The second-order valence-electron chi connectivity index (χ2n) is 11.9. The maximum atomic E-state index is 14.1. The summed E-state index contributed by atoms with van der Waals surface area (Å²) < 4.78 is 15.4. The van der Waals surface area contributed by atoms with Crippen molar-refractivity contribution in [3.8, 4) is 0 Å². The van der Waals surface area contributed by atoms with Crippen LogP contribution in [0.3, 0.4) is 0 Å². The summed E-state index contributed by atoms with van der Waals surface area (Å²) in [5.41, 5.74) is 9.16. The van der Waals surface area contributed by atoms with Crippen LogP contribution < -0.4 is 15.1 Å². The van der Waals surface area contributed by atoms with Crippen molar-refractivity contribution in [2.24, 2.45) is 5.11 Å². The third-order valence-corrected chi connectivity index (χ3v) is 8.01. The number of aliphatic carboxylic acids is 1. The predicted molar refractivity (Wildman–Crippen MR) is 202 cm³/mol. The Bertz CT molecular complexity index is 1560. The molecule has 0 saturated carbocycles. The summed E-state index contributed by atoms with van der Waals surface area (Å²) in [4.78, 5) is 88.7. The standard InChI is InChI=1S/C36H51N9O10/c1-53-20-17-41(31(46)23-38-15-10-16-39-40-37)24-34(49)44(29-11-6-4-7-12-29)26-32(47)42(18-21-54-2)25-35(50)45(30-13-8-5-9-14-30)27-33(48)43(19-22-55-3)28-36(51)52/h4-9,11-14,38H,10,15-28H2,1-3H3,(H,51,52). The fraction of sp³-hybridized carbons (Fsp3) is 0.500. The zero-order valence-electron chi connectivity index (χ0n) is 31.6. The molecule has 0 aliphatic carbocycles. The third-order valence-electron chi connectivity index (χ3n) is 8.01. The molecule has 0 heterocycles. The molecule has 55 heavy (non-hydrogen) atoms. The van der Waals surface area contributed by atoms with Crippen molar-refractivity contribution in [3.63, 3.8) is 0 Å². The van der Waals surface area contributed by atoms with E-state index < -0.39 is 55.8 Å². The molecular weight excluding hydrogens is 718 g/mol. The molecule has 2 N–H and O–H groups in total. The molecule has 0 aromatic heterocycles. The fourth-order valence-electron chi connectivity index (χ4n) is 5.10. The van der Waals surface area contributed by atoms with Gasteiger partial charge in [-0.3, -0.25) is 28.8 Å². The molecule has 0 aliphatic heterocycles. The first-order valence-corrected chi connectivity index (χ1v) is 17.5. The highest BCUT2D eigenvalue weighted by Gasteiger charge is 2.30. The van der Waals surface area contributed by atoms with Gasteiger partial charge < -0.3 is 49.1 Å². The average molecular weight is 770 g/mol. The van der Waals surface area contributed by atoms with Gasteiger partial charge in [0, 0.05) is 63.8 Å². The quantitative estimate of drug-likeness (QED) is 0.0561. The molecule has 300 valence electrons. The van der Waals surface area contributed by atoms with Crippen molar-refractivity contribution < 1.29 is 48.1 Å². The second kappa shape index (κ2) is 26.2. The topological polar surface area (TPSA) is 227 Å². The van der Waals surface area contributed by atoms with E-state index in [1.165, 1.54) is 40.9 Å². The zero-order valence-corrected chi connectivity index (χ0v) is 31.6. The summed E-state index contributed by atoms with van der Waals surface area (Å²) in [6.45, 7) is -1.66. The van der Waals surface area contributed by atoms with Gasteiger partial charge in [0.25, 0.3) is 0 Å². The Morgan fingerprint density at radius 2 is 1.05 bits per heavy atom. The lowest BCUT2D eigenvalue weighted by Crippen LogP contribution is -2.52. The molecule has 0 saturated heterocycles. The lowest BCUT2D eigenvalue weighted by molar-refractivity contribution is -0.144. The van der Waals surface area contributed by atoms with E-state index in [1.54, 1.807) is 60.7 Å². The van der Waals surface area contributed by atoms with Gasteiger partial charge in [0.15, 0.2) is 0 Å². The van der Waals surface area contributed by atoms with Crippen LogP contribution in [0.5, 0.6) is 0 Å². The number of carbonyl (C=O) groups is 6. The number of azide groups is 1. The van der Waals surface area contributed by atoms with Gasteiger partial charge in [-0.25, -0.2) is 0 Å². The first kappa shape index (κ1) is 45.6. The van der Waals surface area contributed by atoms with Gasteiger partial charge in [-0.2, -0.15) is 0 Å². The van der Waals surface area contributed by atoms with Gasteiger partial charge in [-0.05, 0) is 42.8 Å². The summed E-state index contributed by atoms with van der Waals surface area (Å²) in [6.07, 6.45) is 0.511. The number of benzene rings is 2. The Kier molecular flexibility index (Phi) is 21.7. The van der Waals surface area contributed by atoms with Crippen LogP contribution >= 0.6 is 0 Å². The van der Waals surface area contributed by atoms with Gasteiger partial charge in [0.1, 0.15) is 32.7 Å². The molecular formula is C36H51N9O10. The van der Waals surface area contributed by atoms with Gasteiger partial charge in [-0.1, -0.05) is 41.5 Å². The van der Waals surface area contributed by atoms with E-state index in [0.29, 0.717) is 24.3 Å². The molecule has 2 aromatic rings. The van der Waals surface area contributed by atoms with Crippen LogP contribution in [0.4, 0.5) is 11.4 Å². The highest BCUT2D eigenvalue weighted by Crippen LogP contribution is 2.17. The van der Waals surface area contributed by atoms with E-state index in [-0.39, 0.29) is 65.0 Å². The smallest absolute Gasteiger partial charge is 0.323 e. The van der Waals surface area contributed by atoms with Crippen LogP contribution in [-0.4, -0.2) is 168 Å². The van der Waals surface area contributed by atoms with E-state index in [9.17, 15) is 33.9 Å². The number of para-hydroxylation sites is 2. The molecule has 2 aromatic carbocycles. The van der Waals surface area contributed by atoms with Crippen LogP contribution in [0.2, 0.25) is 0 Å². The summed E-state index contributed by atoms with van der Waals surface area (Å²) >= 11 is 0. The number of carboxylic acids is 1. The van der Waals surface area contributed by atoms with Crippen LogP contribution in [0.1, 0.15) is 6.42 Å². The van der Waals surface area contributed by atoms with Crippen molar-refractivity contribution in [2.45, 2.75) is 6.42 Å². The number of methoxy groups -OCH3 is 3. The number of anilines is 2. The minimum absolute atomic E-state index is 0.0237. The maximum absolute atomic E-state index is 14.1. The average Bonchev–Trinajstić information content (AvgIpc) is 3.19. The fourth-order valence-corrected chi connectivity index (χ4v) is 5.10. The molecule has 19 nitrogen and oxygen atoms in total.